The average Bonchev–Trinajstić information content (AvgIpc) is 2.88. The quantitative estimate of drug-likeness (QED) is 0.285. The molecule has 3 aromatic rings. The fourth-order valence-corrected chi connectivity index (χ4v) is 6.09. The molecule has 0 radical (unpaired) electrons. The van der Waals surface area contributed by atoms with Crippen LogP contribution in [0.2, 0.25) is 10.0 Å². The van der Waals surface area contributed by atoms with Gasteiger partial charge in [-0.15, -0.1) is 0 Å². The number of rotatable bonds is 11. The lowest BCUT2D eigenvalue weighted by atomic mass is 10.1. The van der Waals surface area contributed by atoms with Crippen LogP contribution in [0.25, 0.3) is 0 Å². The van der Waals surface area contributed by atoms with Gasteiger partial charge in [0.15, 0.2) is 0 Å². The van der Waals surface area contributed by atoms with Gasteiger partial charge >= 0.3 is 0 Å². The van der Waals surface area contributed by atoms with Crippen LogP contribution >= 0.6 is 23.2 Å². The van der Waals surface area contributed by atoms with Gasteiger partial charge in [0.25, 0.3) is 10.0 Å². The van der Waals surface area contributed by atoms with Gasteiger partial charge in [-0.05, 0) is 76.1 Å². The summed E-state index contributed by atoms with van der Waals surface area (Å²) in [4.78, 5) is 28.7. The third kappa shape index (κ3) is 7.77. The zero-order valence-corrected chi connectivity index (χ0v) is 25.6. The highest BCUT2D eigenvalue weighted by atomic mass is 35.5. The Morgan fingerprint density at radius 3 is 2.00 bits per heavy atom. The van der Waals surface area contributed by atoms with E-state index in [0.29, 0.717) is 27.7 Å². The van der Waals surface area contributed by atoms with E-state index < -0.39 is 28.5 Å². The van der Waals surface area contributed by atoms with Crippen LogP contribution in [0.3, 0.4) is 0 Å². The number of hydrogen-bond donors (Lipinski definition) is 1. The molecule has 10 heteroatoms. The van der Waals surface area contributed by atoms with Crippen molar-refractivity contribution in [3.05, 3.63) is 93.5 Å². The maximum Gasteiger partial charge on any atom is 0.264 e. The van der Waals surface area contributed by atoms with Crippen LogP contribution in [0, 0.1) is 13.8 Å². The van der Waals surface area contributed by atoms with Gasteiger partial charge in [-0.25, -0.2) is 8.42 Å². The molecule has 0 spiro atoms. The van der Waals surface area contributed by atoms with E-state index in [4.69, 9.17) is 23.2 Å². The van der Waals surface area contributed by atoms with Crippen molar-refractivity contribution in [1.82, 2.24) is 10.2 Å². The number of carbonyl (C=O) groups excluding carboxylic acids is 2. The number of halogens is 2. The van der Waals surface area contributed by atoms with E-state index in [1.54, 1.807) is 61.5 Å². The summed E-state index contributed by atoms with van der Waals surface area (Å²) in [6.45, 7) is 8.70. The third-order valence-electron chi connectivity index (χ3n) is 6.38. The van der Waals surface area contributed by atoms with E-state index in [-0.39, 0.29) is 23.4 Å². The van der Waals surface area contributed by atoms with Gasteiger partial charge in [0.2, 0.25) is 11.8 Å². The summed E-state index contributed by atoms with van der Waals surface area (Å²) in [5.41, 5.74) is 2.77. The number of amides is 2. The second-order valence-electron chi connectivity index (χ2n) is 10.0. The molecule has 0 heterocycles. The molecule has 3 aromatic carbocycles. The van der Waals surface area contributed by atoms with Crippen LogP contribution in [0.4, 0.5) is 5.69 Å². The molecule has 0 aliphatic heterocycles. The van der Waals surface area contributed by atoms with Crippen molar-refractivity contribution in [3.8, 4) is 0 Å². The largest absolute Gasteiger partial charge is 0.352 e. The summed E-state index contributed by atoms with van der Waals surface area (Å²) in [7, 11) is -4.13. The lowest BCUT2D eigenvalue weighted by Crippen LogP contribution is -2.53. The molecule has 0 saturated carbocycles. The first-order valence-electron chi connectivity index (χ1n) is 13.0. The van der Waals surface area contributed by atoms with Crippen LogP contribution in [0.15, 0.2) is 71.6 Å². The normalized spacial score (nSPS) is 12.2. The number of nitrogens with one attached hydrogen (secondary N) is 1. The summed E-state index contributed by atoms with van der Waals surface area (Å²) in [5, 5.41) is 3.65. The molecule has 1 atom stereocenters. The molecule has 40 heavy (non-hydrogen) atoms. The molecule has 0 bridgehead atoms. The first-order chi connectivity index (χ1) is 18.8. The van der Waals surface area contributed by atoms with Crippen LogP contribution in [-0.4, -0.2) is 43.8 Å². The van der Waals surface area contributed by atoms with Crippen molar-refractivity contribution < 1.29 is 18.0 Å². The zero-order chi connectivity index (χ0) is 29.6. The predicted octanol–water partition coefficient (Wildman–Crippen LogP) is 6.14. The van der Waals surface area contributed by atoms with Gasteiger partial charge in [-0.2, -0.15) is 0 Å². The molecule has 0 aromatic heterocycles. The van der Waals surface area contributed by atoms with E-state index >= 15 is 0 Å². The van der Waals surface area contributed by atoms with Crippen LogP contribution in [0.5, 0.6) is 0 Å². The lowest BCUT2D eigenvalue weighted by Gasteiger charge is -2.33. The number of aryl methyl sites for hydroxylation is 2. The molecule has 1 N–H and O–H groups in total. The minimum Gasteiger partial charge on any atom is -0.352 e. The van der Waals surface area contributed by atoms with Gasteiger partial charge in [0, 0.05) is 22.6 Å². The van der Waals surface area contributed by atoms with Crippen molar-refractivity contribution in [2.45, 2.75) is 64.6 Å². The van der Waals surface area contributed by atoms with Gasteiger partial charge in [0.1, 0.15) is 12.6 Å². The van der Waals surface area contributed by atoms with E-state index in [2.05, 4.69) is 5.32 Å². The van der Waals surface area contributed by atoms with Gasteiger partial charge in [-0.1, -0.05) is 71.6 Å². The lowest BCUT2D eigenvalue weighted by molar-refractivity contribution is -0.140. The first-order valence-corrected chi connectivity index (χ1v) is 15.2. The van der Waals surface area contributed by atoms with Crippen molar-refractivity contribution in [1.29, 1.82) is 0 Å². The molecular weight excluding hydrogens is 569 g/mol. The predicted molar refractivity (Wildman–Crippen MR) is 161 cm³/mol. The molecule has 0 aliphatic rings. The maximum atomic E-state index is 14.1. The van der Waals surface area contributed by atoms with Crippen molar-refractivity contribution in [2.75, 3.05) is 10.8 Å². The molecule has 3 rings (SSSR count). The van der Waals surface area contributed by atoms with Gasteiger partial charge < -0.3 is 10.2 Å². The fourth-order valence-electron chi connectivity index (χ4n) is 4.21. The van der Waals surface area contributed by atoms with Crippen LogP contribution in [0.1, 0.15) is 43.9 Å². The van der Waals surface area contributed by atoms with Crippen molar-refractivity contribution >= 4 is 50.7 Å². The molecule has 0 fully saturated rings. The SMILES string of the molecule is CC[C@H](C(=O)NC(C)C)N(Cc1ccc(Cl)cc1Cl)C(=O)CN(c1ccc(C)cc1)S(=O)(=O)c1ccc(C)cc1. The minimum absolute atomic E-state index is 0.00876. The highest BCUT2D eigenvalue weighted by molar-refractivity contribution is 7.92. The van der Waals surface area contributed by atoms with Gasteiger partial charge in [0.05, 0.1) is 10.6 Å². The monoisotopic (exact) mass is 603 g/mol. The smallest absolute Gasteiger partial charge is 0.264 e. The number of nitrogens with zero attached hydrogens (tertiary/aromatic N) is 2. The molecule has 2 amide bonds. The highest BCUT2D eigenvalue weighted by Gasteiger charge is 2.34. The van der Waals surface area contributed by atoms with E-state index in [0.717, 1.165) is 15.4 Å². The minimum atomic E-state index is -4.13. The Bertz CT molecular complexity index is 1440. The Morgan fingerprint density at radius 1 is 0.900 bits per heavy atom. The number of sulfonamides is 1. The molecule has 214 valence electrons. The van der Waals surface area contributed by atoms with Crippen molar-refractivity contribution in [3.63, 3.8) is 0 Å². The Hall–Kier alpha value is -3.07. The Morgan fingerprint density at radius 2 is 1.48 bits per heavy atom. The summed E-state index contributed by atoms with van der Waals surface area (Å²) >= 11 is 12.5. The summed E-state index contributed by atoms with van der Waals surface area (Å²) in [6.07, 6.45) is 0.310. The van der Waals surface area contributed by atoms with E-state index in [1.807, 2.05) is 27.7 Å². The summed E-state index contributed by atoms with van der Waals surface area (Å²) < 4.78 is 28.9. The Labute approximate surface area is 247 Å². The average molecular weight is 605 g/mol. The molecule has 0 saturated heterocycles. The fraction of sp³-hybridized carbons (Fsp3) is 0.333. The van der Waals surface area contributed by atoms with Crippen LogP contribution < -0.4 is 9.62 Å². The second kappa shape index (κ2) is 13.5. The maximum absolute atomic E-state index is 14.1. The van der Waals surface area contributed by atoms with E-state index in [9.17, 15) is 18.0 Å². The summed E-state index contributed by atoms with van der Waals surface area (Å²) in [5.74, 6) is -0.882. The van der Waals surface area contributed by atoms with Crippen molar-refractivity contribution in [2.24, 2.45) is 0 Å². The topological polar surface area (TPSA) is 86.8 Å². The Kier molecular flexibility index (Phi) is 10.6. The molecular formula is C30H35Cl2N3O4S. The third-order valence-corrected chi connectivity index (χ3v) is 8.76. The number of hydrogen-bond acceptors (Lipinski definition) is 4. The highest BCUT2D eigenvalue weighted by Crippen LogP contribution is 2.27. The zero-order valence-electron chi connectivity index (χ0n) is 23.3. The summed E-state index contributed by atoms with van der Waals surface area (Å²) in [6, 6.07) is 17.3. The number of anilines is 1. The number of carbonyl (C=O) groups is 2. The molecule has 0 unspecified atom stereocenters. The molecule has 7 nitrogen and oxygen atoms in total. The second-order valence-corrected chi connectivity index (χ2v) is 12.7. The van der Waals surface area contributed by atoms with E-state index in [1.165, 1.54) is 17.0 Å². The standard InChI is InChI=1S/C30H35Cl2N3O4S/c1-6-28(30(37)33-20(2)3)34(18-23-11-12-24(31)17-27(23)32)29(36)19-35(25-13-7-21(4)8-14-25)40(38,39)26-15-9-22(5)10-16-26/h7-17,20,28H,6,18-19H2,1-5H3,(H,33,37)/t28-/m1/s1. The molecule has 0 aliphatic carbocycles. The van der Waals surface area contributed by atoms with Crippen LogP contribution in [-0.2, 0) is 26.2 Å². The van der Waals surface area contributed by atoms with Gasteiger partial charge in [-0.3, -0.25) is 13.9 Å². The number of benzene rings is 3. The first kappa shape index (κ1) is 31.5. The Balaban J connectivity index is 2.08.